The van der Waals surface area contributed by atoms with Crippen LogP contribution in [0.25, 0.3) is 0 Å². The van der Waals surface area contributed by atoms with Crippen molar-refractivity contribution in [2.75, 3.05) is 25.7 Å². The van der Waals surface area contributed by atoms with Crippen molar-refractivity contribution in [3.05, 3.63) is 18.1 Å². The molecule has 1 aromatic rings. The lowest BCUT2D eigenvalue weighted by Crippen LogP contribution is -2.31. The van der Waals surface area contributed by atoms with Crippen LogP contribution >= 0.6 is 0 Å². The quantitative estimate of drug-likeness (QED) is 0.552. The highest BCUT2D eigenvalue weighted by atomic mass is 16.5. The number of ether oxygens (including phenoxy) is 1. The van der Waals surface area contributed by atoms with Crippen LogP contribution in [-0.4, -0.2) is 41.2 Å². The Labute approximate surface area is 94.8 Å². The van der Waals surface area contributed by atoms with E-state index < -0.39 is 0 Å². The Morgan fingerprint density at radius 2 is 2.44 bits per heavy atom. The predicted molar refractivity (Wildman–Crippen MR) is 60.5 cm³/mol. The molecular formula is C10H17N5O. The lowest BCUT2D eigenvalue weighted by atomic mass is 10.2. The average molecular weight is 223 g/mol. The molecule has 88 valence electrons. The second kappa shape index (κ2) is 5.20. The van der Waals surface area contributed by atoms with E-state index in [0.717, 1.165) is 31.9 Å². The van der Waals surface area contributed by atoms with Gasteiger partial charge in [0.05, 0.1) is 24.7 Å². The van der Waals surface area contributed by atoms with E-state index in [1.807, 2.05) is 0 Å². The number of nitrogen functional groups attached to an aromatic ring is 1. The van der Waals surface area contributed by atoms with Crippen LogP contribution in [0.5, 0.6) is 0 Å². The van der Waals surface area contributed by atoms with Crippen molar-refractivity contribution in [2.24, 2.45) is 5.84 Å². The molecule has 1 unspecified atom stereocenters. The van der Waals surface area contributed by atoms with Crippen LogP contribution in [0, 0.1) is 0 Å². The molecule has 0 saturated carbocycles. The van der Waals surface area contributed by atoms with Crippen LogP contribution < -0.4 is 11.3 Å². The minimum Gasteiger partial charge on any atom is -0.380 e. The van der Waals surface area contributed by atoms with E-state index in [9.17, 15) is 0 Å². The van der Waals surface area contributed by atoms with Crippen LogP contribution in [-0.2, 0) is 11.3 Å². The molecule has 1 aliphatic heterocycles. The molecule has 6 heteroatoms. The fourth-order valence-corrected chi connectivity index (χ4v) is 1.77. The minimum atomic E-state index is 0.495. The van der Waals surface area contributed by atoms with Crippen molar-refractivity contribution in [1.29, 1.82) is 0 Å². The van der Waals surface area contributed by atoms with Crippen LogP contribution in [0.1, 0.15) is 12.1 Å². The molecule has 2 rings (SSSR count). The normalized spacial score (nSPS) is 20.3. The number of hydrogen-bond donors (Lipinski definition) is 2. The van der Waals surface area contributed by atoms with Gasteiger partial charge in [-0.3, -0.25) is 9.88 Å². The van der Waals surface area contributed by atoms with Crippen molar-refractivity contribution in [3.8, 4) is 0 Å². The summed E-state index contributed by atoms with van der Waals surface area (Å²) in [5, 5.41) is 0. The fraction of sp³-hybridized carbons (Fsp3) is 0.600. The summed E-state index contributed by atoms with van der Waals surface area (Å²) in [4.78, 5) is 10.6. The van der Waals surface area contributed by atoms with Crippen LogP contribution in [0.4, 0.5) is 5.82 Å². The van der Waals surface area contributed by atoms with E-state index in [1.165, 1.54) is 0 Å². The number of nitrogens with one attached hydrogen (secondary N) is 1. The van der Waals surface area contributed by atoms with Crippen molar-refractivity contribution in [1.82, 2.24) is 14.9 Å². The van der Waals surface area contributed by atoms with E-state index in [2.05, 4.69) is 27.3 Å². The van der Waals surface area contributed by atoms with Gasteiger partial charge in [0.25, 0.3) is 0 Å². The Bertz CT molecular complexity index is 322. The molecule has 3 N–H and O–H groups in total. The summed E-state index contributed by atoms with van der Waals surface area (Å²) in [5.74, 6) is 5.80. The first-order chi connectivity index (χ1) is 7.79. The summed E-state index contributed by atoms with van der Waals surface area (Å²) >= 11 is 0. The molecule has 0 bridgehead atoms. The zero-order valence-corrected chi connectivity index (χ0v) is 9.39. The zero-order chi connectivity index (χ0) is 11.4. The Morgan fingerprint density at radius 3 is 3.00 bits per heavy atom. The second-order valence-corrected chi connectivity index (χ2v) is 3.97. The first-order valence-corrected chi connectivity index (χ1v) is 5.35. The topological polar surface area (TPSA) is 76.3 Å². The largest absolute Gasteiger partial charge is 0.380 e. The van der Waals surface area contributed by atoms with Gasteiger partial charge >= 0.3 is 0 Å². The summed E-state index contributed by atoms with van der Waals surface area (Å²) in [6.07, 6.45) is 4.46. The van der Waals surface area contributed by atoms with Gasteiger partial charge in [-0.15, -0.1) is 0 Å². The lowest BCUT2D eigenvalue weighted by molar-refractivity contribution is 0.155. The van der Waals surface area contributed by atoms with E-state index in [-0.39, 0.29) is 0 Å². The number of nitrogens with zero attached hydrogens (tertiary/aromatic N) is 3. The van der Waals surface area contributed by atoms with Crippen LogP contribution in [0.15, 0.2) is 12.4 Å². The Morgan fingerprint density at radius 1 is 1.56 bits per heavy atom. The highest BCUT2D eigenvalue weighted by Gasteiger charge is 2.20. The molecule has 1 aliphatic rings. The van der Waals surface area contributed by atoms with Crippen LogP contribution in [0.3, 0.4) is 0 Å². The molecule has 16 heavy (non-hydrogen) atoms. The molecule has 1 aromatic heterocycles. The lowest BCUT2D eigenvalue weighted by Gasteiger charge is -2.21. The van der Waals surface area contributed by atoms with E-state index >= 15 is 0 Å². The number of anilines is 1. The van der Waals surface area contributed by atoms with Gasteiger partial charge < -0.3 is 10.2 Å². The van der Waals surface area contributed by atoms with Crippen molar-refractivity contribution in [2.45, 2.75) is 19.0 Å². The van der Waals surface area contributed by atoms with Crippen molar-refractivity contribution in [3.63, 3.8) is 0 Å². The zero-order valence-electron chi connectivity index (χ0n) is 9.39. The molecule has 2 heterocycles. The molecule has 1 atom stereocenters. The summed E-state index contributed by atoms with van der Waals surface area (Å²) in [7, 11) is 2.08. The number of likely N-dealkylation sites (N-methyl/N-ethyl adjacent to an activating group) is 1. The number of nitrogens with two attached hydrogens (primary N) is 1. The average Bonchev–Trinajstić information content (AvgIpc) is 2.83. The predicted octanol–water partition coefficient (Wildman–Crippen LogP) is -0.0171. The van der Waals surface area contributed by atoms with E-state index in [4.69, 9.17) is 10.6 Å². The van der Waals surface area contributed by atoms with Gasteiger partial charge in [-0.25, -0.2) is 10.8 Å². The number of hydrogen-bond acceptors (Lipinski definition) is 6. The Kier molecular flexibility index (Phi) is 3.66. The highest BCUT2D eigenvalue weighted by molar-refractivity contribution is 5.28. The molecular weight excluding hydrogens is 206 g/mol. The molecule has 0 amide bonds. The van der Waals surface area contributed by atoms with Gasteiger partial charge in [0.2, 0.25) is 0 Å². The first-order valence-electron chi connectivity index (χ1n) is 5.35. The van der Waals surface area contributed by atoms with Gasteiger partial charge in [-0.2, -0.15) is 0 Å². The molecule has 0 radical (unpaired) electrons. The van der Waals surface area contributed by atoms with Crippen molar-refractivity contribution < 1.29 is 4.74 Å². The third-order valence-electron chi connectivity index (χ3n) is 2.79. The smallest absolute Gasteiger partial charge is 0.158 e. The maximum atomic E-state index is 5.35. The third kappa shape index (κ3) is 2.66. The summed E-state index contributed by atoms with van der Waals surface area (Å²) in [6.45, 7) is 2.45. The molecule has 0 aromatic carbocycles. The number of aromatic nitrogens is 2. The van der Waals surface area contributed by atoms with E-state index in [0.29, 0.717) is 11.9 Å². The van der Waals surface area contributed by atoms with Crippen molar-refractivity contribution >= 4 is 5.82 Å². The molecule has 1 saturated heterocycles. The number of rotatable bonds is 4. The fourth-order valence-electron chi connectivity index (χ4n) is 1.77. The maximum Gasteiger partial charge on any atom is 0.158 e. The van der Waals surface area contributed by atoms with Gasteiger partial charge in [-0.1, -0.05) is 0 Å². The molecule has 0 spiro atoms. The van der Waals surface area contributed by atoms with Crippen LogP contribution in [0.2, 0.25) is 0 Å². The van der Waals surface area contributed by atoms with E-state index in [1.54, 1.807) is 12.4 Å². The standard InChI is InChI=1S/C10H17N5O/c1-15(9-2-3-16-7-9)6-8-4-13-10(14-11)5-12-8/h4-5,9H,2-3,6-7,11H2,1H3,(H,13,14). The highest BCUT2D eigenvalue weighted by Crippen LogP contribution is 2.12. The summed E-state index contributed by atoms with van der Waals surface area (Å²) in [5.41, 5.74) is 3.39. The monoisotopic (exact) mass is 223 g/mol. The van der Waals surface area contributed by atoms with Gasteiger partial charge in [0, 0.05) is 19.2 Å². The SMILES string of the molecule is CN(Cc1cnc(NN)cn1)C1CCOC1. The second-order valence-electron chi connectivity index (χ2n) is 3.97. The molecule has 1 fully saturated rings. The molecule has 6 nitrogen and oxygen atoms in total. The van der Waals surface area contributed by atoms with Gasteiger partial charge in [0.15, 0.2) is 5.82 Å². The summed E-state index contributed by atoms with van der Waals surface area (Å²) < 4.78 is 5.35. The Hall–Kier alpha value is -1.24. The summed E-state index contributed by atoms with van der Waals surface area (Å²) in [6, 6.07) is 0.495. The maximum absolute atomic E-state index is 5.35. The number of hydrazine groups is 1. The molecule has 0 aliphatic carbocycles. The van der Waals surface area contributed by atoms with Gasteiger partial charge in [0.1, 0.15) is 0 Å². The third-order valence-corrected chi connectivity index (χ3v) is 2.79. The van der Waals surface area contributed by atoms with Gasteiger partial charge in [-0.05, 0) is 13.5 Å². The Balaban J connectivity index is 1.92. The minimum absolute atomic E-state index is 0.495. The first kappa shape index (κ1) is 11.3.